The molecule has 0 aromatic carbocycles. The fraction of sp³-hybridized carbons (Fsp3) is 0.667. The minimum absolute atomic E-state index is 0.103. The smallest absolute Gasteiger partial charge is 0.271 e. The number of nitrogens with zero attached hydrogens (tertiary/aromatic N) is 2. The molecule has 0 atom stereocenters. The van der Waals surface area contributed by atoms with Gasteiger partial charge in [-0.1, -0.05) is 13.8 Å². The average molecular weight is 236 g/mol. The summed E-state index contributed by atoms with van der Waals surface area (Å²) in [6, 6.07) is 0.303. The van der Waals surface area contributed by atoms with E-state index in [1.807, 2.05) is 6.92 Å². The predicted octanol–water partition coefficient (Wildman–Crippen LogP) is 1.09. The number of nitrogens with two attached hydrogens (primary N) is 1. The summed E-state index contributed by atoms with van der Waals surface area (Å²) in [6.45, 7) is 4.17. The lowest BCUT2D eigenvalue weighted by molar-refractivity contribution is 0.0887. The van der Waals surface area contributed by atoms with Crippen LogP contribution in [0.5, 0.6) is 0 Å². The van der Waals surface area contributed by atoms with E-state index < -0.39 is 0 Å². The van der Waals surface area contributed by atoms with Gasteiger partial charge in [0, 0.05) is 13.1 Å². The number of nitrogens with one attached hydrogen (secondary N) is 1. The number of rotatable bonds is 3. The molecule has 94 valence electrons. The first-order valence-corrected chi connectivity index (χ1v) is 6.15. The van der Waals surface area contributed by atoms with Crippen LogP contribution in [0.1, 0.15) is 42.9 Å². The Bertz CT molecular complexity index is 432. The number of nitrogen functional groups attached to an aromatic ring is 1. The Morgan fingerprint density at radius 3 is 2.71 bits per heavy atom. The molecule has 5 nitrogen and oxygen atoms in total. The van der Waals surface area contributed by atoms with Crippen molar-refractivity contribution in [2.45, 2.75) is 39.2 Å². The van der Waals surface area contributed by atoms with Gasteiger partial charge in [-0.15, -0.1) is 0 Å². The van der Waals surface area contributed by atoms with Crippen LogP contribution in [0, 0.1) is 5.92 Å². The third-order valence-corrected chi connectivity index (χ3v) is 3.42. The quantitative estimate of drug-likeness (QED) is 0.825. The molecule has 1 amide bonds. The number of anilines is 1. The first-order chi connectivity index (χ1) is 8.02. The van der Waals surface area contributed by atoms with E-state index in [4.69, 9.17) is 5.73 Å². The first-order valence-electron chi connectivity index (χ1n) is 6.15. The molecule has 1 aromatic rings. The van der Waals surface area contributed by atoms with Crippen molar-refractivity contribution in [3.63, 3.8) is 0 Å². The van der Waals surface area contributed by atoms with Gasteiger partial charge in [0.25, 0.3) is 5.91 Å². The first kappa shape index (κ1) is 12.0. The number of hydrogen-bond acceptors (Lipinski definition) is 3. The van der Waals surface area contributed by atoms with Gasteiger partial charge in [-0.25, -0.2) is 0 Å². The van der Waals surface area contributed by atoms with Crippen LogP contribution in [-0.2, 0) is 13.5 Å². The molecule has 17 heavy (non-hydrogen) atoms. The number of amides is 1. The molecule has 5 heteroatoms. The summed E-state index contributed by atoms with van der Waals surface area (Å²) in [6.07, 6.45) is 2.86. The van der Waals surface area contributed by atoms with Crippen LogP contribution in [-0.4, -0.2) is 21.7 Å². The van der Waals surface area contributed by atoms with Gasteiger partial charge in [0.15, 0.2) is 0 Å². The molecule has 0 saturated heterocycles. The van der Waals surface area contributed by atoms with Gasteiger partial charge in [0.2, 0.25) is 0 Å². The van der Waals surface area contributed by atoms with Crippen LogP contribution in [0.4, 0.5) is 5.69 Å². The Labute approximate surface area is 101 Å². The minimum atomic E-state index is -0.103. The van der Waals surface area contributed by atoms with E-state index in [2.05, 4.69) is 17.3 Å². The summed E-state index contributed by atoms with van der Waals surface area (Å²) >= 11 is 0. The summed E-state index contributed by atoms with van der Waals surface area (Å²) in [4.78, 5) is 12.1. The minimum Gasteiger partial charge on any atom is -0.395 e. The summed E-state index contributed by atoms with van der Waals surface area (Å²) in [5.41, 5.74) is 7.73. The van der Waals surface area contributed by atoms with E-state index in [-0.39, 0.29) is 5.91 Å². The van der Waals surface area contributed by atoms with Crippen LogP contribution in [0.2, 0.25) is 0 Å². The van der Waals surface area contributed by atoms with E-state index >= 15 is 0 Å². The van der Waals surface area contributed by atoms with Crippen molar-refractivity contribution in [3.8, 4) is 0 Å². The topological polar surface area (TPSA) is 72.9 Å². The van der Waals surface area contributed by atoms with Gasteiger partial charge < -0.3 is 11.1 Å². The second-order valence-electron chi connectivity index (χ2n) is 4.93. The maximum absolute atomic E-state index is 12.1. The molecule has 0 bridgehead atoms. The lowest BCUT2D eigenvalue weighted by atomic mass is 9.82. The van der Waals surface area contributed by atoms with E-state index in [0.717, 1.165) is 30.9 Å². The molecule has 1 saturated carbocycles. The summed E-state index contributed by atoms with van der Waals surface area (Å²) in [5.74, 6) is 0.615. The SMILES string of the molecule is CCc1nn(C)c(C(=O)NC2CC(C)C2)c1N. The van der Waals surface area contributed by atoms with E-state index in [0.29, 0.717) is 17.4 Å². The second kappa shape index (κ2) is 4.39. The zero-order valence-corrected chi connectivity index (χ0v) is 10.7. The van der Waals surface area contributed by atoms with Crippen LogP contribution in [0.15, 0.2) is 0 Å². The van der Waals surface area contributed by atoms with Crippen molar-refractivity contribution in [3.05, 3.63) is 11.4 Å². The van der Waals surface area contributed by atoms with E-state index in [1.54, 1.807) is 11.7 Å². The molecule has 1 heterocycles. The summed E-state index contributed by atoms with van der Waals surface area (Å²) in [7, 11) is 1.76. The lowest BCUT2D eigenvalue weighted by Gasteiger charge is -2.33. The van der Waals surface area contributed by atoms with Crippen LogP contribution in [0.25, 0.3) is 0 Å². The molecular weight excluding hydrogens is 216 g/mol. The number of hydrogen-bond donors (Lipinski definition) is 2. The zero-order chi connectivity index (χ0) is 12.6. The lowest BCUT2D eigenvalue weighted by Crippen LogP contribution is -2.44. The third kappa shape index (κ3) is 2.14. The number of aryl methyl sites for hydroxylation is 2. The van der Waals surface area contributed by atoms with Crippen molar-refractivity contribution < 1.29 is 4.79 Å². The Hall–Kier alpha value is -1.52. The van der Waals surface area contributed by atoms with Crippen molar-refractivity contribution in [1.29, 1.82) is 0 Å². The Kier molecular flexibility index (Phi) is 3.09. The molecule has 0 spiro atoms. The highest BCUT2D eigenvalue weighted by Gasteiger charge is 2.28. The van der Waals surface area contributed by atoms with Crippen molar-refractivity contribution in [1.82, 2.24) is 15.1 Å². The maximum atomic E-state index is 12.1. The molecule has 1 fully saturated rings. The van der Waals surface area contributed by atoms with Gasteiger partial charge in [-0.05, 0) is 25.2 Å². The summed E-state index contributed by atoms with van der Waals surface area (Å²) < 4.78 is 1.57. The monoisotopic (exact) mass is 236 g/mol. The Morgan fingerprint density at radius 2 is 2.24 bits per heavy atom. The molecule has 2 rings (SSSR count). The third-order valence-electron chi connectivity index (χ3n) is 3.42. The van der Waals surface area contributed by atoms with Crippen molar-refractivity contribution >= 4 is 11.6 Å². The number of carbonyl (C=O) groups is 1. The fourth-order valence-electron chi connectivity index (χ4n) is 2.40. The molecule has 0 radical (unpaired) electrons. The molecule has 1 aliphatic rings. The average Bonchev–Trinajstić information content (AvgIpc) is 2.51. The Morgan fingerprint density at radius 1 is 1.59 bits per heavy atom. The normalized spacial score (nSPS) is 23.2. The van der Waals surface area contributed by atoms with Gasteiger partial charge in [0.05, 0.1) is 11.4 Å². The largest absolute Gasteiger partial charge is 0.395 e. The second-order valence-corrected chi connectivity index (χ2v) is 4.93. The van der Waals surface area contributed by atoms with Gasteiger partial charge in [-0.3, -0.25) is 9.48 Å². The maximum Gasteiger partial charge on any atom is 0.271 e. The molecule has 1 aromatic heterocycles. The van der Waals surface area contributed by atoms with Crippen LogP contribution in [0.3, 0.4) is 0 Å². The standard InChI is InChI=1S/C12H20N4O/c1-4-9-10(13)11(16(3)15-9)12(17)14-8-5-7(2)6-8/h7-8H,4-6,13H2,1-3H3,(H,14,17). The predicted molar refractivity (Wildman–Crippen MR) is 66.7 cm³/mol. The molecular formula is C12H20N4O. The highest BCUT2D eigenvalue weighted by molar-refractivity contribution is 5.98. The van der Waals surface area contributed by atoms with Crippen LogP contribution < -0.4 is 11.1 Å². The number of aromatic nitrogens is 2. The van der Waals surface area contributed by atoms with Crippen molar-refractivity contribution in [2.24, 2.45) is 13.0 Å². The van der Waals surface area contributed by atoms with Gasteiger partial charge >= 0.3 is 0 Å². The zero-order valence-electron chi connectivity index (χ0n) is 10.7. The highest BCUT2D eigenvalue weighted by Crippen LogP contribution is 2.27. The van der Waals surface area contributed by atoms with Gasteiger partial charge in [-0.2, -0.15) is 5.10 Å². The van der Waals surface area contributed by atoms with Gasteiger partial charge in [0.1, 0.15) is 5.69 Å². The number of carbonyl (C=O) groups excluding carboxylic acids is 1. The Balaban J connectivity index is 2.11. The molecule has 1 aliphatic carbocycles. The molecule has 0 aliphatic heterocycles. The van der Waals surface area contributed by atoms with E-state index in [1.165, 1.54) is 0 Å². The molecule has 3 N–H and O–H groups in total. The van der Waals surface area contributed by atoms with E-state index in [9.17, 15) is 4.79 Å². The van der Waals surface area contributed by atoms with Crippen molar-refractivity contribution in [2.75, 3.05) is 5.73 Å². The molecule has 0 unspecified atom stereocenters. The fourth-order valence-corrected chi connectivity index (χ4v) is 2.40. The summed E-state index contributed by atoms with van der Waals surface area (Å²) in [5, 5.41) is 7.25. The van der Waals surface area contributed by atoms with Crippen LogP contribution >= 0.6 is 0 Å². The highest BCUT2D eigenvalue weighted by atomic mass is 16.2.